The zero-order chi connectivity index (χ0) is 20.3. The quantitative estimate of drug-likeness (QED) is 0.230. The summed E-state index contributed by atoms with van der Waals surface area (Å²) in [5.74, 6) is 0. The standard InChI is InChI=1S/C26H21NOS/c1-14-9-10-18(11-15(14)2)23-25(28)20-13-17(4)16(3)12-19(20)24-26(23)29-22-8-6-5-7-21(22)27-24/h5-13H,1-4H3. The molecule has 0 bridgehead atoms. The molecule has 29 heavy (non-hydrogen) atoms. The van der Waals surface area contributed by atoms with Crippen molar-refractivity contribution in [2.45, 2.75) is 27.7 Å². The van der Waals surface area contributed by atoms with Gasteiger partial charge in [0.05, 0.1) is 20.8 Å². The molecule has 0 radical (unpaired) electrons. The summed E-state index contributed by atoms with van der Waals surface area (Å²) < 4.78 is 1.09. The van der Waals surface area contributed by atoms with Crippen LogP contribution in [0.15, 0.2) is 59.4 Å². The fraction of sp³-hybridized carbons (Fsp3) is 0.154. The molecule has 0 aromatic heterocycles. The summed E-state index contributed by atoms with van der Waals surface area (Å²) in [5.41, 5.74) is 8.43. The Labute approximate surface area is 173 Å². The van der Waals surface area contributed by atoms with E-state index in [1.807, 2.05) is 24.3 Å². The van der Waals surface area contributed by atoms with E-state index in [1.165, 1.54) is 16.7 Å². The monoisotopic (exact) mass is 395 g/mol. The molecular weight excluding hydrogens is 374 g/mol. The Hall–Kier alpha value is -3.04. The molecule has 1 heterocycles. The lowest BCUT2D eigenvalue weighted by atomic mass is 9.92. The van der Waals surface area contributed by atoms with Crippen LogP contribution in [0.4, 0.5) is 0 Å². The van der Waals surface area contributed by atoms with Crippen LogP contribution in [0, 0.1) is 27.7 Å². The van der Waals surface area contributed by atoms with E-state index < -0.39 is 0 Å². The Morgan fingerprint density at radius 1 is 0.759 bits per heavy atom. The highest BCUT2D eigenvalue weighted by Gasteiger charge is 2.22. The van der Waals surface area contributed by atoms with Crippen LogP contribution in [-0.4, -0.2) is 4.98 Å². The van der Waals surface area contributed by atoms with Crippen molar-refractivity contribution in [2.24, 2.45) is 0 Å². The first-order valence-electron chi connectivity index (χ1n) is 9.78. The zero-order valence-corrected chi connectivity index (χ0v) is 17.8. The van der Waals surface area contributed by atoms with E-state index in [9.17, 15) is 4.79 Å². The first-order valence-corrected chi connectivity index (χ1v) is 10.6. The number of rotatable bonds is 1. The van der Waals surface area contributed by atoms with Gasteiger partial charge in [0.2, 0.25) is 0 Å². The molecule has 2 nitrogen and oxygen atoms in total. The predicted octanol–water partition coefficient (Wildman–Crippen LogP) is 6.82. The second-order valence-corrected chi connectivity index (χ2v) is 8.90. The summed E-state index contributed by atoms with van der Waals surface area (Å²) in [6, 6.07) is 18.6. The highest BCUT2D eigenvalue weighted by molar-refractivity contribution is 7.22. The number of aryl methyl sites for hydroxylation is 4. The van der Waals surface area contributed by atoms with Crippen LogP contribution < -0.4 is 5.43 Å². The largest absolute Gasteiger partial charge is 0.289 e. The number of para-hydroxylation sites is 1. The lowest BCUT2D eigenvalue weighted by molar-refractivity contribution is 1.33. The van der Waals surface area contributed by atoms with Gasteiger partial charge in [-0.2, -0.15) is 0 Å². The van der Waals surface area contributed by atoms with Crippen LogP contribution in [-0.2, 0) is 0 Å². The third-order valence-corrected chi connectivity index (χ3v) is 7.07. The van der Waals surface area contributed by atoms with Crippen molar-refractivity contribution in [3.8, 4) is 21.7 Å². The minimum absolute atomic E-state index is 0.0900. The summed E-state index contributed by atoms with van der Waals surface area (Å²) in [4.78, 5) is 19.7. The van der Waals surface area contributed by atoms with Gasteiger partial charge in [-0.25, -0.2) is 4.98 Å². The number of benzene rings is 4. The van der Waals surface area contributed by atoms with Gasteiger partial charge < -0.3 is 0 Å². The molecule has 0 atom stereocenters. The first-order chi connectivity index (χ1) is 13.9. The van der Waals surface area contributed by atoms with Crippen molar-refractivity contribution in [3.63, 3.8) is 0 Å². The molecule has 0 spiro atoms. The van der Waals surface area contributed by atoms with Gasteiger partial charge in [0.1, 0.15) is 0 Å². The van der Waals surface area contributed by atoms with E-state index >= 15 is 0 Å². The van der Waals surface area contributed by atoms with Crippen LogP contribution in [0.1, 0.15) is 22.3 Å². The molecule has 3 heteroatoms. The smallest absolute Gasteiger partial charge is 0.195 e. The first kappa shape index (κ1) is 18.0. The third-order valence-electron chi connectivity index (χ3n) is 5.91. The van der Waals surface area contributed by atoms with E-state index in [0.717, 1.165) is 48.3 Å². The second kappa shape index (κ2) is 6.50. The van der Waals surface area contributed by atoms with Crippen LogP contribution in [0.5, 0.6) is 0 Å². The fourth-order valence-corrected chi connectivity index (χ4v) is 5.06. The van der Waals surface area contributed by atoms with Gasteiger partial charge in [0.25, 0.3) is 0 Å². The summed E-state index contributed by atoms with van der Waals surface area (Å²) in [6.07, 6.45) is 0. The number of fused-ring (bicyclic) bond motifs is 4. The highest BCUT2D eigenvalue weighted by Crippen LogP contribution is 2.41. The number of hydrogen-bond acceptors (Lipinski definition) is 3. The molecule has 1 aliphatic heterocycles. The number of aromatic nitrogens is 1. The molecule has 0 N–H and O–H groups in total. The van der Waals surface area contributed by atoms with Gasteiger partial charge in [-0.3, -0.25) is 4.79 Å². The van der Waals surface area contributed by atoms with Gasteiger partial charge in [-0.15, -0.1) is 11.3 Å². The van der Waals surface area contributed by atoms with E-state index in [0.29, 0.717) is 0 Å². The molecule has 0 unspecified atom stereocenters. The van der Waals surface area contributed by atoms with Gasteiger partial charge in [-0.05, 0) is 79.8 Å². The molecule has 142 valence electrons. The van der Waals surface area contributed by atoms with Crippen molar-refractivity contribution in [1.82, 2.24) is 4.98 Å². The van der Waals surface area contributed by atoms with Gasteiger partial charge in [0, 0.05) is 16.3 Å². The molecule has 0 fully saturated rings. The van der Waals surface area contributed by atoms with Gasteiger partial charge in [-0.1, -0.05) is 30.3 Å². The predicted molar refractivity (Wildman–Crippen MR) is 124 cm³/mol. The summed E-state index contributed by atoms with van der Waals surface area (Å²) in [6.45, 7) is 8.34. The minimum atomic E-state index is 0.0900. The average Bonchev–Trinajstić information content (AvgIpc) is 2.71. The minimum Gasteiger partial charge on any atom is -0.289 e. The molecule has 0 saturated heterocycles. The highest BCUT2D eigenvalue weighted by atomic mass is 32.1. The van der Waals surface area contributed by atoms with Crippen molar-refractivity contribution in [3.05, 3.63) is 87.1 Å². The van der Waals surface area contributed by atoms with E-state index in [-0.39, 0.29) is 5.43 Å². The van der Waals surface area contributed by atoms with Crippen LogP contribution in [0.3, 0.4) is 0 Å². The molecular formula is C26H21NOS. The topological polar surface area (TPSA) is 30.0 Å². The van der Waals surface area contributed by atoms with Crippen LogP contribution >= 0.6 is 11.3 Å². The Morgan fingerprint density at radius 3 is 2.21 bits per heavy atom. The Balaban J connectivity index is 2.03. The van der Waals surface area contributed by atoms with Crippen molar-refractivity contribution in [2.75, 3.05) is 0 Å². The fourth-order valence-electron chi connectivity index (χ4n) is 3.91. The average molecular weight is 396 g/mol. The molecule has 3 aromatic rings. The Bertz CT molecular complexity index is 1460. The zero-order valence-electron chi connectivity index (χ0n) is 17.0. The lowest BCUT2D eigenvalue weighted by Crippen LogP contribution is -2.10. The Kier molecular flexibility index (Phi) is 4.04. The summed E-state index contributed by atoms with van der Waals surface area (Å²) >= 11 is 1.66. The molecule has 0 saturated carbocycles. The van der Waals surface area contributed by atoms with Crippen molar-refractivity contribution in [1.29, 1.82) is 0 Å². The third kappa shape index (κ3) is 2.77. The van der Waals surface area contributed by atoms with Crippen LogP contribution in [0.25, 0.3) is 42.7 Å². The van der Waals surface area contributed by atoms with E-state index in [4.69, 9.17) is 4.98 Å². The number of hydrogen-bond donors (Lipinski definition) is 0. The maximum atomic E-state index is 13.7. The van der Waals surface area contributed by atoms with Crippen LogP contribution in [0.2, 0.25) is 0 Å². The normalized spacial score (nSPS) is 11.6. The van der Waals surface area contributed by atoms with Gasteiger partial charge >= 0.3 is 0 Å². The molecule has 2 aliphatic rings. The maximum Gasteiger partial charge on any atom is 0.195 e. The van der Waals surface area contributed by atoms with Crippen molar-refractivity contribution < 1.29 is 0 Å². The second-order valence-electron chi connectivity index (χ2n) is 7.84. The summed E-state index contributed by atoms with van der Waals surface area (Å²) in [5, 5.41) is 1.70. The van der Waals surface area contributed by atoms with E-state index in [2.05, 4.69) is 58.0 Å². The maximum absolute atomic E-state index is 13.7. The van der Waals surface area contributed by atoms with Crippen molar-refractivity contribution >= 4 is 32.3 Å². The SMILES string of the molecule is Cc1ccc(-c2c3sc4ccccc4nc-3c3cc(C)c(C)cc3c2=O)cc1C. The van der Waals surface area contributed by atoms with E-state index in [1.54, 1.807) is 11.3 Å². The van der Waals surface area contributed by atoms with Gasteiger partial charge in [0.15, 0.2) is 5.43 Å². The Morgan fingerprint density at radius 2 is 1.45 bits per heavy atom. The number of nitrogens with zero attached hydrogens (tertiary/aromatic N) is 1. The molecule has 0 amide bonds. The molecule has 3 aromatic carbocycles. The lowest BCUT2D eigenvalue weighted by Gasteiger charge is -2.16. The molecule has 1 aliphatic carbocycles. The molecule has 5 rings (SSSR count). The summed E-state index contributed by atoms with van der Waals surface area (Å²) in [7, 11) is 0.